The van der Waals surface area contributed by atoms with Crippen LogP contribution in [0.5, 0.6) is 11.6 Å². The normalized spacial score (nSPS) is 9.95. The van der Waals surface area contributed by atoms with Crippen LogP contribution in [-0.4, -0.2) is 25.0 Å². The first-order valence-corrected chi connectivity index (χ1v) is 6.87. The molecule has 0 saturated heterocycles. The SMILES string of the molecule is C=CC(=O)N(C)c1ccc(Oc2ncc(C)cc2NC)cc1. The standard InChI is InChI=1S/C17H19N3O2/c1-5-16(21)20(4)13-6-8-14(9-7-13)22-17-15(18-3)10-12(2)11-19-17/h5-11,18H,1H2,2-4H3. The summed E-state index contributed by atoms with van der Waals surface area (Å²) < 4.78 is 5.78. The van der Waals surface area contributed by atoms with Gasteiger partial charge in [-0.25, -0.2) is 4.98 Å². The molecule has 1 heterocycles. The zero-order valence-electron chi connectivity index (χ0n) is 13.0. The minimum absolute atomic E-state index is 0.161. The van der Waals surface area contributed by atoms with E-state index in [1.807, 2.05) is 32.2 Å². The molecule has 114 valence electrons. The monoisotopic (exact) mass is 297 g/mol. The molecule has 0 atom stereocenters. The molecule has 2 aromatic rings. The molecular formula is C17H19N3O2. The third-order valence-electron chi connectivity index (χ3n) is 3.20. The van der Waals surface area contributed by atoms with Crippen molar-refractivity contribution in [3.63, 3.8) is 0 Å². The molecule has 0 bridgehead atoms. The first-order valence-electron chi connectivity index (χ1n) is 6.87. The number of nitrogens with zero attached hydrogens (tertiary/aromatic N) is 2. The Bertz CT molecular complexity index is 681. The summed E-state index contributed by atoms with van der Waals surface area (Å²) in [4.78, 5) is 17.4. The molecule has 0 radical (unpaired) electrons. The molecule has 1 amide bonds. The number of ether oxygens (including phenoxy) is 1. The Balaban J connectivity index is 2.18. The lowest BCUT2D eigenvalue weighted by Gasteiger charge is -2.16. The van der Waals surface area contributed by atoms with Gasteiger partial charge >= 0.3 is 0 Å². The fraction of sp³-hybridized carbons (Fsp3) is 0.176. The molecule has 1 N–H and O–H groups in total. The maximum absolute atomic E-state index is 11.6. The van der Waals surface area contributed by atoms with Gasteiger partial charge in [0.05, 0.1) is 5.69 Å². The van der Waals surface area contributed by atoms with Crippen molar-refractivity contribution in [3.8, 4) is 11.6 Å². The molecule has 0 aliphatic heterocycles. The number of hydrogen-bond acceptors (Lipinski definition) is 4. The van der Waals surface area contributed by atoms with Gasteiger partial charge in [0.1, 0.15) is 5.75 Å². The first-order chi connectivity index (χ1) is 10.5. The fourth-order valence-electron chi connectivity index (χ4n) is 1.93. The number of aromatic nitrogens is 1. The van der Waals surface area contributed by atoms with Crippen molar-refractivity contribution in [1.29, 1.82) is 0 Å². The molecule has 0 unspecified atom stereocenters. The Morgan fingerprint density at radius 1 is 1.36 bits per heavy atom. The quantitative estimate of drug-likeness (QED) is 0.860. The number of carbonyl (C=O) groups is 1. The van der Waals surface area contributed by atoms with Crippen molar-refractivity contribution in [3.05, 3.63) is 54.7 Å². The van der Waals surface area contributed by atoms with Crippen molar-refractivity contribution >= 4 is 17.3 Å². The lowest BCUT2D eigenvalue weighted by atomic mass is 10.2. The summed E-state index contributed by atoms with van der Waals surface area (Å²) in [5, 5.41) is 3.06. The van der Waals surface area contributed by atoms with Gasteiger partial charge in [0, 0.05) is 26.0 Å². The van der Waals surface area contributed by atoms with Gasteiger partial charge in [0.2, 0.25) is 11.8 Å². The molecule has 1 aromatic carbocycles. The second-order valence-corrected chi connectivity index (χ2v) is 4.81. The maximum Gasteiger partial charge on any atom is 0.250 e. The van der Waals surface area contributed by atoms with Gasteiger partial charge in [-0.05, 0) is 48.9 Å². The van der Waals surface area contributed by atoms with Gasteiger partial charge in [-0.2, -0.15) is 0 Å². The van der Waals surface area contributed by atoms with Crippen molar-refractivity contribution in [2.24, 2.45) is 0 Å². The first kappa shape index (κ1) is 15.6. The van der Waals surface area contributed by atoms with E-state index in [2.05, 4.69) is 16.9 Å². The number of anilines is 2. The average molecular weight is 297 g/mol. The van der Waals surface area contributed by atoms with E-state index in [0.717, 1.165) is 16.9 Å². The average Bonchev–Trinajstić information content (AvgIpc) is 2.55. The van der Waals surface area contributed by atoms with E-state index in [0.29, 0.717) is 11.6 Å². The molecule has 0 spiro atoms. The Morgan fingerprint density at radius 3 is 2.64 bits per heavy atom. The molecule has 2 rings (SSSR count). The fourth-order valence-corrected chi connectivity index (χ4v) is 1.93. The number of benzene rings is 1. The second kappa shape index (κ2) is 6.76. The summed E-state index contributed by atoms with van der Waals surface area (Å²) in [5.41, 5.74) is 2.64. The van der Waals surface area contributed by atoms with Gasteiger partial charge < -0.3 is 15.0 Å². The van der Waals surface area contributed by atoms with Crippen molar-refractivity contribution in [2.75, 3.05) is 24.3 Å². The highest BCUT2D eigenvalue weighted by atomic mass is 16.5. The van der Waals surface area contributed by atoms with Crippen LogP contribution >= 0.6 is 0 Å². The Morgan fingerprint density at radius 2 is 2.05 bits per heavy atom. The Labute approximate surface area is 130 Å². The number of pyridine rings is 1. The Hall–Kier alpha value is -2.82. The van der Waals surface area contributed by atoms with E-state index in [-0.39, 0.29) is 5.91 Å². The number of nitrogens with one attached hydrogen (secondary N) is 1. The van der Waals surface area contributed by atoms with E-state index < -0.39 is 0 Å². The summed E-state index contributed by atoms with van der Waals surface area (Å²) in [6.45, 7) is 5.45. The molecule has 1 aromatic heterocycles. The van der Waals surface area contributed by atoms with Gasteiger partial charge in [-0.1, -0.05) is 6.58 Å². The smallest absolute Gasteiger partial charge is 0.250 e. The van der Waals surface area contributed by atoms with E-state index in [9.17, 15) is 4.79 Å². The van der Waals surface area contributed by atoms with Crippen LogP contribution in [0, 0.1) is 6.92 Å². The molecule has 5 nitrogen and oxygen atoms in total. The largest absolute Gasteiger partial charge is 0.437 e. The van der Waals surface area contributed by atoms with Crippen LogP contribution in [0.25, 0.3) is 0 Å². The van der Waals surface area contributed by atoms with Crippen LogP contribution in [-0.2, 0) is 4.79 Å². The third kappa shape index (κ3) is 3.44. The summed E-state index contributed by atoms with van der Waals surface area (Å²) >= 11 is 0. The van der Waals surface area contributed by atoms with Crippen LogP contribution in [0.15, 0.2) is 49.2 Å². The lowest BCUT2D eigenvalue weighted by molar-refractivity contribution is -0.113. The number of carbonyl (C=O) groups excluding carboxylic acids is 1. The second-order valence-electron chi connectivity index (χ2n) is 4.81. The minimum Gasteiger partial charge on any atom is -0.437 e. The zero-order valence-corrected chi connectivity index (χ0v) is 13.0. The summed E-state index contributed by atoms with van der Waals surface area (Å²) in [6.07, 6.45) is 3.03. The minimum atomic E-state index is -0.161. The maximum atomic E-state index is 11.6. The van der Waals surface area contributed by atoms with Gasteiger partial charge in [-0.15, -0.1) is 0 Å². The van der Waals surface area contributed by atoms with E-state index in [4.69, 9.17) is 4.74 Å². The topological polar surface area (TPSA) is 54.5 Å². The van der Waals surface area contributed by atoms with E-state index in [1.165, 1.54) is 11.0 Å². The number of hydrogen-bond donors (Lipinski definition) is 1. The predicted octanol–water partition coefficient (Wildman–Crippen LogP) is 3.37. The van der Waals surface area contributed by atoms with Gasteiger partial charge in [0.15, 0.2) is 0 Å². The zero-order chi connectivity index (χ0) is 16.1. The molecule has 0 aliphatic rings. The number of aryl methyl sites for hydroxylation is 1. The van der Waals surface area contributed by atoms with Crippen LogP contribution < -0.4 is 15.0 Å². The molecule has 0 saturated carbocycles. The van der Waals surface area contributed by atoms with E-state index >= 15 is 0 Å². The van der Waals surface area contributed by atoms with E-state index in [1.54, 1.807) is 25.4 Å². The lowest BCUT2D eigenvalue weighted by Crippen LogP contribution is -2.23. The highest BCUT2D eigenvalue weighted by Gasteiger charge is 2.09. The molecule has 0 fully saturated rings. The van der Waals surface area contributed by atoms with Gasteiger partial charge in [-0.3, -0.25) is 4.79 Å². The van der Waals surface area contributed by atoms with Crippen LogP contribution in [0.3, 0.4) is 0 Å². The number of amides is 1. The summed E-state index contributed by atoms with van der Waals surface area (Å²) in [6, 6.07) is 9.17. The summed E-state index contributed by atoms with van der Waals surface area (Å²) in [5.74, 6) is 0.999. The number of likely N-dealkylation sites (N-methyl/N-ethyl adjacent to an activating group) is 1. The third-order valence-corrected chi connectivity index (χ3v) is 3.20. The summed E-state index contributed by atoms with van der Waals surface area (Å²) in [7, 11) is 3.52. The van der Waals surface area contributed by atoms with Crippen molar-refractivity contribution < 1.29 is 9.53 Å². The highest BCUT2D eigenvalue weighted by molar-refractivity contribution is 6.00. The molecule has 0 aliphatic carbocycles. The predicted molar refractivity (Wildman–Crippen MR) is 88.6 cm³/mol. The molecule has 5 heteroatoms. The van der Waals surface area contributed by atoms with Gasteiger partial charge in [0.25, 0.3) is 0 Å². The van der Waals surface area contributed by atoms with Crippen LogP contribution in [0.1, 0.15) is 5.56 Å². The van der Waals surface area contributed by atoms with Crippen molar-refractivity contribution in [1.82, 2.24) is 4.98 Å². The van der Waals surface area contributed by atoms with Crippen molar-refractivity contribution in [2.45, 2.75) is 6.92 Å². The van der Waals surface area contributed by atoms with Crippen LogP contribution in [0.4, 0.5) is 11.4 Å². The van der Waals surface area contributed by atoms with Crippen LogP contribution in [0.2, 0.25) is 0 Å². The molecule has 22 heavy (non-hydrogen) atoms. The molecular weight excluding hydrogens is 278 g/mol. The number of rotatable bonds is 5. The Kier molecular flexibility index (Phi) is 4.78. The highest BCUT2D eigenvalue weighted by Crippen LogP contribution is 2.28.